The summed E-state index contributed by atoms with van der Waals surface area (Å²) in [4.78, 5) is 10.9. The zero-order valence-electron chi connectivity index (χ0n) is 8.23. The first kappa shape index (κ1) is 11.4. The molecule has 0 aromatic rings. The zero-order valence-corrected chi connectivity index (χ0v) is 8.23. The number of aliphatic hydroxyl groups is 1. The minimum atomic E-state index is -1.12. The third-order valence-electron chi connectivity index (χ3n) is 2.38. The van der Waals surface area contributed by atoms with Crippen molar-refractivity contribution >= 4 is 5.97 Å². The van der Waals surface area contributed by atoms with Crippen LogP contribution in [-0.2, 0) is 14.3 Å². The molecule has 1 aliphatic rings. The van der Waals surface area contributed by atoms with Crippen molar-refractivity contribution in [3.63, 3.8) is 0 Å². The molecule has 0 radical (unpaired) electrons. The van der Waals surface area contributed by atoms with E-state index in [2.05, 4.69) is 0 Å². The largest absolute Gasteiger partial charge is 0.479 e. The second kappa shape index (κ2) is 4.72. The van der Waals surface area contributed by atoms with E-state index in [1.807, 2.05) is 6.92 Å². The lowest BCUT2D eigenvalue weighted by atomic mass is 9.77. The average Bonchev–Trinajstić information content (AvgIpc) is 2.08. The van der Waals surface area contributed by atoms with E-state index in [0.717, 1.165) is 0 Å². The lowest BCUT2D eigenvalue weighted by Crippen LogP contribution is -2.56. The van der Waals surface area contributed by atoms with Crippen molar-refractivity contribution in [3.8, 4) is 0 Å². The summed E-state index contributed by atoms with van der Waals surface area (Å²) in [5.41, 5.74) is -1.12. The minimum absolute atomic E-state index is 0.0187. The second-order valence-corrected chi connectivity index (χ2v) is 3.36. The molecule has 1 aliphatic carbocycles. The Morgan fingerprint density at radius 1 is 1.57 bits per heavy atom. The summed E-state index contributed by atoms with van der Waals surface area (Å²) >= 11 is 0. The Labute approximate surface area is 82.6 Å². The van der Waals surface area contributed by atoms with Gasteiger partial charge in [0.15, 0.2) is 5.60 Å². The number of hydrogen-bond acceptors (Lipinski definition) is 4. The molecule has 0 aromatic carbocycles. The highest BCUT2D eigenvalue weighted by atomic mass is 16.5. The molecule has 0 unspecified atom stereocenters. The molecular formula is C9H16O5. The normalized spacial score (nSPS) is 31.1. The molecule has 0 bridgehead atoms. The molecule has 1 rings (SSSR count). The van der Waals surface area contributed by atoms with Crippen molar-refractivity contribution in [2.45, 2.75) is 31.5 Å². The number of carboxylic acids is 1. The van der Waals surface area contributed by atoms with Crippen LogP contribution in [0.5, 0.6) is 0 Å². The minimum Gasteiger partial charge on any atom is -0.479 e. The van der Waals surface area contributed by atoms with Gasteiger partial charge in [-0.25, -0.2) is 4.79 Å². The first-order valence-corrected chi connectivity index (χ1v) is 4.74. The first-order chi connectivity index (χ1) is 6.64. The van der Waals surface area contributed by atoms with E-state index >= 15 is 0 Å². The molecule has 0 spiro atoms. The molecule has 0 aliphatic heterocycles. The van der Waals surface area contributed by atoms with Crippen molar-refractivity contribution in [3.05, 3.63) is 0 Å². The van der Waals surface area contributed by atoms with Gasteiger partial charge in [-0.15, -0.1) is 0 Å². The van der Waals surface area contributed by atoms with E-state index in [-0.39, 0.29) is 19.3 Å². The third-order valence-corrected chi connectivity index (χ3v) is 2.38. The lowest BCUT2D eigenvalue weighted by Gasteiger charge is -2.43. The molecule has 0 atom stereocenters. The molecule has 5 nitrogen and oxygen atoms in total. The fourth-order valence-electron chi connectivity index (χ4n) is 1.62. The van der Waals surface area contributed by atoms with Gasteiger partial charge in [-0.1, -0.05) is 0 Å². The maximum atomic E-state index is 10.9. The quantitative estimate of drug-likeness (QED) is 0.637. The van der Waals surface area contributed by atoms with Crippen LogP contribution in [0.25, 0.3) is 0 Å². The Kier molecular flexibility index (Phi) is 3.86. The Hall–Kier alpha value is -0.650. The van der Waals surface area contributed by atoms with Gasteiger partial charge in [-0.05, 0) is 6.92 Å². The highest BCUT2D eigenvalue weighted by Gasteiger charge is 2.52. The summed E-state index contributed by atoms with van der Waals surface area (Å²) in [5.74, 6) is -0.970. The van der Waals surface area contributed by atoms with Crippen LogP contribution in [0, 0.1) is 0 Å². The van der Waals surface area contributed by atoms with E-state index in [1.165, 1.54) is 0 Å². The number of hydrogen-bond donors (Lipinski definition) is 2. The summed E-state index contributed by atoms with van der Waals surface area (Å²) in [6.45, 7) is 2.36. The fraction of sp³-hybridized carbons (Fsp3) is 0.889. The van der Waals surface area contributed by atoms with Gasteiger partial charge in [0.2, 0.25) is 0 Å². The van der Waals surface area contributed by atoms with Crippen molar-refractivity contribution in [1.82, 2.24) is 0 Å². The van der Waals surface area contributed by atoms with Crippen LogP contribution in [0.4, 0.5) is 0 Å². The lowest BCUT2D eigenvalue weighted by molar-refractivity contribution is -0.203. The van der Waals surface area contributed by atoms with Crippen LogP contribution < -0.4 is 0 Å². The van der Waals surface area contributed by atoms with Gasteiger partial charge in [0.25, 0.3) is 0 Å². The number of rotatable bonds is 6. The molecular weight excluding hydrogens is 188 g/mol. The highest BCUT2D eigenvalue weighted by molar-refractivity contribution is 5.79. The molecule has 0 saturated heterocycles. The molecule has 0 heterocycles. The van der Waals surface area contributed by atoms with Crippen LogP contribution in [0.15, 0.2) is 0 Å². The van der Waals surface area contributed by atoms with Gasteiger partial charge in [0.1, 0.15) is 0 Å². The van der Waals surface area contributed by atoms with Gasteiger partial charge in [0.05, 0.1) is 19.3 Å². The highest BCUT2D eigenvalue weighted by Crippen LogP contribution is 2.38. The monoisotopic (exact) mass is 204 g/mol. The second-order valence-electron chi connectivity index (χ2n) is 3.36. The first-order valence-electron chi connectivity index (χ1n) is 4.74. The molecule has 0 amide bonds. The Morgan fingerprint density at radius 2 is 2.21 bits per heavy atom. The van der Waals surface area contributed by atoms with Crippen molar-refractivity contribution in [2.24, 2.45) is 0 Å². The standard InChI is InChI=1S/C9H16O5/c1-2-13-7-5-9(6-7,8(11)12)14-4-3-10/h7,10H,2-6H2,1H3,(H,11,12). The van der Waals surface area contributed by atoms with Crippen LogP contribution >= 0.6 is 0 Å². The summed E-state index contributed by atoms with van der Waals surface area (Å²) in [7, 11) is 0. The maximum absolute atomic E-state index is 10.9. The van der Waals surface area contributed by atoms with Gasteiger partial charge >= 0.3 is 5.97 Å². The number of carbonyl (C=O) groups is 1. The van der Waals surface area contributed by atoms with E-state index < -0.39 is 11.6 Å². The molecule has 2 N–H and O–H groups in total. The predicted octanol–water partition coefficient (Wildman–Crippen LogP) is 0.0176. The summed E-state index contributed by atoms with van der Waals surface area (Å²) in [6.07, 6.45) is 0.724. The number of aliphatic carboxylic acids is 1. The van der Waals surface area contributed by atoms with Crippen molar-refractivity contribution < 1.29 is 24.5 Å². The van der Waals surface area contributed by atoms with E-state index in [4.69, 9.17) is 19.7 Å². The van der Waals surface area contributed by atoms with Gasteiger partial charge in [-0.3, -0.25) is 0 Å². The summed E-state index contributed by atoms with van der Waals surface area (Å²) in [5, 5.41) is 17.5. The molecule has 82 valence electrons. The number of carboxylic acid groups (broad SMARTS) is 1. The molecule has 0 aromatic heterocycles. The SMILES string of the molecule is CCOC1CC(OCCO)(C(=O)O)C1. The Bertz CT molecular complexity index is 197. The van der Waals surface area contributed by atoms with E-state index in [1.54, 1.807) is 0 Å². The Morgan fingerprint density at radius 3 is 2.64 bits per heavy atom. The third kappa shape index (κ3) is 2.23. The molecule has 1 fully saturated rings. The van der Waals surface area contributed by atoms with Gasteiger partial charge < -0.3 is 19.7 Å². The van der Waals surface area contributed by atoms with Crippen molar-refractivity contribution in [1.29, 1.82) is 0 Å². The van der Waals surface area contributed by atoms with Crippen LogP contribution in [0.1, 0.15) is 19.8 Å². The van der Waals surface area contributed by atoms with Gasteiger partial charge in [0, 0.05) is 19.4 Å². The van der Waals surface area contributed by atoms with E-state index in [9.17, 15) is 4.79 Å². The topological polar surface area (TPSA) is 76.0 Å². The average molecular weight is 204 g/mol. The Balaban J connectivity index is 2.40. The number of ether oxygens (including phenoxy) is 2. The van der Waals surface area contributed by atoms with Crippen LogP contribution in [0.3, 0.4) is 0 Å². The molecule has 14 heavy (non-hydrogen) atoms. The smallest absolute Gasteiger partial charge is 0.336 e. The van der Waals surface area contributed by atoms with Crippen LogP contribution in [0.2, 0.25) is 0 Å². The number of aliphatic hydroxyl groups excluding tert-OH is 1. The maximum Gasteiger partial charge on any atom is 0.336 e. The van der Waals surface area contributed by atoms with Crippen molar-refractivity contribution in [2.75, 3.05) is 19.8 Å². The summed E-state index contributed by atoms with van der Waals surface area (Å²) < 4.78 is 10.4. The summed E-state index contributed by atoms with van der Waals surface area (Å²) in [6, 6.07) is 0. The van der Waals surface area contributed by atoms with E-state index in [0.29, 0.717) is 19.4 Å². The molecule has 5 heteroatoms. The predicted molar refractivity (Wildman–Crippen MR) is 48.1 cm³/mol. The van der Waals surface area contributed by atoms with Crippen LogP contribution in [-0.4, -0.2) is 47.7 Å². The molecule has 1 saturated carbocycles. The van der Waals surface area contributed by atoms with Gasteiger partial charge in [-0.2, -0.15) is 0 Å². The fourth-order valence-corrected chi connectivity index (χ4v) is 1.62. The zero-order chi connectivity index (χ0) is 10.6.